The molecule has 0 aromatic carbocycles. The van der Waals surface area contributed by atoms with Gasteiger partial charge in [-0.3, -0.25) is 4.79 Å². The maximum absolute atomic E-state index is 10.0. The van der Waals surface area contributed by atoms with Crippen LogP contribution in [0.5, 0.6) is 0 Å². The molecular formula is C9H19LiO2. The van der Waals surface area contributed by atoms with E-state index in [0.717, 1.165) is 12.8 Å². The van der Waals surface area contributed by atoms with Crippen molar-refractivity contribution >= 4 is 5.97 Å². The van der Waals surface area contributed by atoms with Gasteiger partial charge in [-0.25, -0.2) is 0 Å². The Hall–Kier alpha value is 0.0674. The van der Waals surface area contributed by atoms with E-state index in [9.17, 15) is 4.79 Å². The van der Waals surface area contributed by atoms with Crippen molar-refractivity contribution in [1.82, 2.24) is 0 Å². The van der Waals surface area contributed by atoms with Gasteiger partial charge in [-0.2, -0.15) is 0 Å². The van der Waals surface area contributed by atoms with Crippen LogP contribution in [0.4, 0.5) is 0 Å². The Bertz CT molecular complexity index is 94.5. The third-order valence-corrected chi connectivity index (χ3v) is 1.49. The number of carboxylic acid groups (broad SMARTS) is 1. The molecule has 68 valence electrons. The molecule has 0 amide bonds. The zero-order valence-electron chi connectivity index (χ0n) is 8.60. The van der Waals surface area contributed by atoms with Gasteiger partial charge >= 0.3 is 24.8 Å². The van der Waals surface area contributed by atoms with Gasteiger partial charge in [0.05, 0.1) is 0 Å². The smallest absolute Gasteiger partial charge is 0.481 e. The summed E-state index contributed by atoms with van der Waals surface area (Å²) in [4.78, 5) is 10.0. The fourth-order valence-electron chi connectivity index (χ4n) is 0.880. The molecule has 0 heterocycles. The molecule has 1 N–H and O–H groups in total. The van der Waals surface area contributed by atoms with Gasteiger partial charge in [0, 0.05) is 6.42 Å². The molecule has 0 aromatic rings. The van der Waals surface area contributed by atoms with E-state index in [-0.39, 0.29) is 26.3 Å². The molecule has 0 bridgehead atoms. The van der Waals surface area contributed by atoms with Gasteiger partial charge in [0.15, 0.2) is 0 Å². The normalized spacial score (nSPS) is 8.08. The first-order valence-electron chi connectivity index (χ1n) is 3.99. The van der Waals surface area contributed by atoms with E-state index in [1.165, 1.54) is 19.3 Å². The zero-order valence-corrected chi connectivity index (χ0v) is 8.60. The predicted octanol–water partition coefficient (Wildman–Crippen LogP) is -0.114. The van der Waals surface area contributed by atoms with Crippen LogP contribution in [0.1, 0.15) is 45.4 Å². The second-order valence-electron chi connectivity index (χ2n) is 2.56. The minimum Gasteiger partial charge on any atom is -0.481 e. The average molecular weight is 166 g/mol. The summed E-state index contributed by atoms with van der Waals surface area (Å²) in [5.41, 5.74) is 0. The molecule has 0 unspecified atom stereocenters. The van der Waals surface area contributed by atoms with Crippen molar-refractivity contribution in [2.75, 3.05) is 0 Å². The topological polar surface area (TPSA) is 37.3 Å². The fourth-order valence-corrected chi connectivity index (χ4v) is 0.880. The number of hydrogen-bond donors (Lipinski definition) is 1. The van der Waals surface area contributed by atoms with E-state index in [4.69, 9.17) is 5.11 Å². The van der Waals surface area contributed by atoms with Gasteiger partial charge in [-0.1, -0.05) is 32.6 Å². The minimum atomic E-state index is -0.670. The molecule has 0 atom stereocenters. The fraction of sp³-hybridized carbons (Fsp3) is 0.778. The van der Waals surface area contributed by atoms with Gasteiger partial charge in [-0.15, -0.1) is 0 Å². The van der Waals surface area contributed by atoms with Crippen molar-refractivity contribution in [3.8, 4) is 0 Å². The molecule has 0 aromatic heterocycles. The van der Waals surface area contributed by atoms with E-state index in [1.807, 2.05) is 0 Å². The van der Waals surface area contributed by atoms with E-state index in [1.54, 1.807) is 0 Å². The second-order valence-corrected chi connectivity index (χ2v) is 2.56. The molecule has 2 nitrogen and oxygen atoms in total. The van der Waals surface area contributed by atoms with Crippen molar-refractivity contribution in [1.29, 1.82) is 0 Å². The molecule has 0 rings (SSSR count). The summed E-state index contributed by atoms with van der Waals surface area (Å²) < 4.78 is 0. The Morgan fingerprint density at radius 1 is 1.17 bits per heavy atom. The quantitative estimate of drug-likeness (QED) is 0.339. The second kappa shape index (κ2) is 13.6. The van der Waals surface area contributed by atoms with E-state index in [2.05, 4.69) is 6.92 Å². The van der Waals surface area contributed by atoms with Crippen molar-refractivity contribution < 1.29 is 28.8 Å². The standard InChI is InChI=1S/C8H16O2.CH3.Li/c1-2-3-4-5-6-7-8(9)10;;/h2-7H2,1H3,(H,9,10);1H3;/q;-1;+1. The summed E-state index contributed by atoms with van der Waals surface area (Å²) in [7, 11) is 0. The Morgan fingerprint density at radius 2 is 1.67 bits per heavy atom. The molecule has 3 heteroatoms. The first-order chi connectivity index (χ1) is 4.77. The summed E-state index contributed by atoms with van der Waals surface area (Å²) in [6.45, 7) is 2.15. The van der Waals surface area contributed by atoms with Crippen molar-refractivity contribution in [3.05, 3.63) is 7.43 Å². The zero-order chi connectivity index (χ0) is 7.82. The van der Waals surface area contributed by atoms with Crippen LogP contribution in [0, 0.1) is 7.43 Å². The number of carbonyl (C=O) groups is 1. The molecule has 0 saturated heterocycles. The molecule has 0 aliphatic carbocycles. The number of aliphatic carboxylic acids is 1. The third kappa shape index (κ3) is 16.6. The van der Waals surface area contributed by atoms with E-state index in [0.29, 0.717) is 6.42 Å². The SMILES string of the molecule is CCCCCCCC(=O)O.[CH3-].[Li+]. The molecule has 0 aliphatic heterocycles. The van der Waals surface area contributed by atoms with Crippen molar-refractivity contribution in [2.45, 2.75) is 45.4 Å². The Balaban J connectivity index is -0.000000405. The van der Waals surface area contributed by atoms with Crippen LogP contribution in [0.25, 0.3) is 0 Å². The monoisotopic (exact) mass is 166 g/mol. The summed E-state index contributed by atoms with van der Waals surface area (Å²) in [6, 6.07) is 0. The first kappa shape index (κ1) is 18.0. The molecule has 0 fully saturated rings. The first-order valence-corrected chi connectivity index (χ1v) is 3.99. The summed E-state index contributed by atoms with van der Waals surface area (Å²) >= 11 is 0. The van der Waals surface area contributed by atoms with E-state index >= 15 is 0 Å². The Morgan fingerprint density at radius 3 is 2.08 bits per heavy atom. The van der Waals surface area contributed by atoms with Gasteiger partial charge in [0.25, 0.3) is 0 Å². The Kier molecular flexibility index (Phi) is 20.4. The molecule has 0 spiro atoms. The maximum atomic E-state index is 10.0. The summed E-state index contributed by atoms with van der Waals surface area (Å²) in [5.74, 6) is -0.670. The number of hydrogen-bond acceptors (Lipinski definition) is 1. The van der Waals surface area contributed by atoms with Crippen LogP contribution in [0.3, 0.4) is 0 Å². The predicted molar refractivity (Wildman–Crippen MR) is 47.4 cm³/mol. The van der Waals surface area contributed by atoms with Gasteiger partial charge in [0.1, 0.15) is 0 Å². The molecule has 0 aliphatic rings. The van der Waals surface area contributed by atoms with Crippen LogP contribution < -0.4 is 18.9 Å². The molecule has 0 saturated carbocycles. The van der Waals surface area contributed by atoms with Gasteiger partial charge in [0.2, 0.25) is 0 Å². The number of carboxylic acids is 1. The van der Waals surface area contributed by atoms with Crippen molar-refractivity contribution in [2.24, 2.45) is 0 Å². The maximum Gasteiger partial charge on any atom is 1.00 e. The number of rotatable bonds is 6. The Labute approximate surface area is 87.9 Å². The number of unbranched alkanes of at least 4 members (excludes halogenated alkanes) is 4. The van der Waals surface area contributed by atoms with E-state index < -0.39 is 5.97 Å². The molecular weight excluding hydrogens is 147 g/mol. The minimum absolute atomic E-state index is 0. The van der Waals surface area contributed by atoms with Crippen LogP contribution in [0.2, 0.25) is 0 Å². The van der Waals surface area contributed by atoms with Crippen LogP contribution in [0.15, 0.2) is 0 Å². The van der Waals surface area contributed by atoms with Crippen LogP contribution in [-0.4, -0.2) is 11.1 Å². The average Bonchev–Trinajstić information content (AvgIpc) is 1.87. The van der Waals surface area contributed by atoms with Crippen molar-refractivity contribution in [3.63, 3.8) is 0 Å². The van der Waals surface area contributed by atoms with Crippen LogP contribution >= 0.6 is 0 Å². The van der Waals surface area contributed by atoms with Gasteiger partial charge in [-0.05, 0) is 6.42 Å². The molecule has 12 heavy (non-hydrogen) atoms. The summed E-state index contributed by atoms with van der Waals surface area (Å²) in [5, 5.41) is 8.27. The van der Waals surface area contributed by atoms with Gasteiger partial charge < -0.3 is 12.5 Å². The third-order valence-electron chi connectivity index (χ3n) is 1.49. The van der Waals surface area contributed by atoms with Crippen LogP contribution in [-0.2, 0) is 4.79 Å². The summed E-state index contributed by atoms with van der Waals surface area (Å²) in [6.07, 6.45) is 5.88. The largest absolute Gasteiger partial charge is 1.00 e. The molecule has 0 radical (unpaired) electrons.